The molecule has 2 heterocycles. The first kappa shape index (κ1) is 26.4. The van der Waals surface area contributed by atoms with Crippen LogP contribution in [0.15, 0.2) is 72.8 Å². The molecule has 0 saturated heterocycles. The fourth-order valence-electron chi connectivity index (χ4n) is 5.57. The first-order valence-corrected chi connectivity index (χ1v) is 13.4. The molecule has 208 valence electrons. The Morgan fingerprint density at radius 2 is 1.71 bits per heavy atom. The van der Waals surface area contributed by atoms with Gasteiger partial charge in [0.2, 0.25) is 0 Å². The summed E-state index contributed by atoms with van der Waals surface area (Å²) in [6.45, 7) is 7.77. The number of aryl methyl sites for hydroxylation is 2. The fraction of sp³-hybridized carbons (Fsp3) is 0.212. The smallest absolute Gasteiger partial charge is 0.343 e. The number of esters is 1. The van der Waals surface area contributed by atoms with Crippen molar-refractivity contribution in [1.82, 2.24) is 0 Å². The third-order valence-electron chi connectivity index (χ3n) is 7.71. The molecule has 0 fully saturated rings. The van der Waals surface area contributed by atoms with Gasteiger partial charge in [0.15, 0.2) is 0 Å². The highest BCUT2D eigenvalue weighted by molar-refractivity contribution is 6.12. The molecule has 0 aromatic heterocycles. The molecule has 6 rings (SSSR count). The van der Waals surface area contributed by atoms with E-state index in [1.807, 2.05) is 63.0 Å². The van der Waals surface area contributed by atoms with E-state index in [2.05, 4.69) is 5.32 Å². The lowest BCUT2D eigenvalue weighted by Crippen LogP contribution is -2.57. The largest absolute Gasteiger partial charge is 0.496 e. The normalized spacial score (nSPS) is 14.9. The number of nitrogens with zero attached hydrogens (tertiary/aromatic N) is 2. The number of hydrazine groups is 1. The van der Waals surface area contributed by atoms with Gasteiger partial charge >= 0.3 is 5.97 Å². The summed E-state index contributed by atoms with van der Waals surface area (Å²) in [5, 5.41) is 6.88. The van der Waals surface area contributed by atoms with Crippen molar-refractivity contribution in [2.75, 3.05) is 22.4 Å². The number of amides is 1. The van der Waals surface area contributed by atoms with Gasteiger partial charge in [-0.05, 0) is 80.8 Å². The second-order valence-electron chi connectivity index (χ2n) is 10.9. The van der Waals surface area contributed by atoms with Crippen LogP contribution in [-0.2, 0) is 11.3 Å². The number of carbonyl (C=O) groups excluding carboxylic acids is 2. The maximum absolute atomic E-state index is 14.4. The van der Waals surface area contributed by atoms with E-state index in [1.54, 1.807) is 42.5 Å². The zero-order valence-corrected chi connectivity index (χ0v) is 23.5. The van der Waals surface area contributed by atoms with Crippen LogP contribution in [0.5, 0.6) is 11.5 Å². The van der Waals surface area contributed by atoms with Gasteiger partial charge in [-0.3, -0.25) is 9.80 Å². The van der Waals surface area contributed by atoms with Gasteiger partial charge in [0, 0.05) is 17.2 Å². The molecular weight excluding hydrogens is 521 g/mol. The van der Waals surface area contributed by atoms with Gasteiger partial charge in [0.25, 0.3) is 5.91 Å². The monoisotopic (exact) mass is 551 g/mol. The van der Waals surface area contributed by atoms with Crippen molar-refractivity contribution in [2.45, 2.75) is 39.8 Å². The lowest BCUT2D eigenvalue weighted by Gasteiger charge is -2.41. The molecule has 0 aliphatic carbocycles. The number of hydrogen-bond donors (Lipinski definition) is 1. The minimum atomic E-state index is -0.865. The summed E-state index contributed by atoms with van der Waals surface area (Å²) >= 11 is 0. The Labute approximate surface area is 238 Å². The minimum Gasteiger partial charge on any atom is -0.496 e. The van der Waals surface area contributed by atoms with Gasteiger partial charge in [-0.1, -0.05) is 30.3 Å². The number of nitrogens with one attached hydrogen (secondary N) is 1. The molecule has 1 N–H and O–H groups in total. The quantitative estimate of drug-likeness (QED) is 0.217. The Kier molecular flexibility index (Phi) is 6.21. The summed E-state index contributed by atoms with van der Waals surface area (Å²) in [6, 6.07) is 21.0. The molecule has 0 unspecified atom stereocenters. The lowest BCUT2D eigenvalue weighted by molar-refractivity contribution is -0.122. The van der Waals surface area contributed by atoms with Crippen molar-refractivity contribution in [3.8, 4) is 22.6 Å². The molecule has 4 aromatic rings. The van der Waals surface area contributed by atoms with E-state index in [1.165, 1.54) is 12.1 Å². The van der Waals surface area contributed by atoms with E-state index in [-0.39, 0.29) is 11.7 Å². The van der Waals surface area contributed by atoms with Crippen molar-refractivity contribution < 1.29 is 23.5 Å². The van der Waals surface area contributed by atoms with E-state index in [0.717, 1.165) is 39.2 Å². The number of methoxy groups -OCH3 is 1. The van der Waals surface area contributed by atoms with Crippen molar-refractivity contribution in [3.63, 3.8) is 0 Å². The first-order chi connectivity index (χ1) is 19.6. The summed E-state index contributed by atoms with van der Waals surface area (Å²) in [5.41, 5.74) is 5.99. The molecule has 0 atom stereocenters. The number of hydrogen-bond acceptors (Lipinski definition) is 6. The van der Waals surface area contributed by atoms with Gasteiger partial charge in [0.05, 0.1) is 36.3 Å². The summed E-state index contributed by atoms with van der Waals surface area (Å²) in [6.07, 6.45) is 0. The SMILES string of the molecule is COc1cc(OC(=O)c2ccccc2C)ccc1-c1ccc2c3c1CN(c1cc(F)ccc1C)N3C(=O)C(C)(C)N2. The maximum atomic E-state index is 14.4. The molecule has 8 heteroatoms. The zero-order chi connectivity index (χ0) is 29.1. The van der Waals surface area contributed by atoms with Gasteiger partial charge in [-0.2, -0.15) is 0 Å². The van der Waals surface area contributed by atoms with Crippen LogP contribution in [0.25, 0.3) is 11.1 Å². The highest BCUT2D eigenvalue weighted by Crippen LogP contribution is 2.50. The third kappa shape index (κ3) is 4.36. The number of ether oxygens (including phenoxy) is 2. The molecule has 4 aromatic carbocycles. The Morgan fingerprint density at radius 3 is 2.46 bits per heavy atom. The number of anilines is 3. The summed E-state index contributed by atoms with van der Waals surface area (Å²) in [7, 11) is 1.56. The van der Waals surface area contributed by atoms with Crippen molar-refractivity contribution in [1.29, 1.82) is 0 Å². The molecule has 1 amide bonds. The van der Waals surface area contributed by atoms with Crippen LogP contribution >= 0.6 is 0 Å². The van der Waals surface area contributed by atoms with Gasteiger partial charge in [0.1, 0.15) is 22.9 Å². The topological polar surface area (TPSA) is 71.1 Å². The highest BCUT2D eigenvalue weighted by atomic mass is 19.1. The van der Waals surface area contributed by atoms with Crippen LogP contribution < -0.4 is 24.8 Å². The maximum Gasteiger partial charge on any atom is 0.343 e. The van der Waals surface area contributed by atoms with Crippen molar-refractivity contribution >= 4 is 28.9 Å². The van der Waals surface area contributed by atoms with Crippen LogP contribution in [0, 0.1) is 19.7 Å². The predicted octanol–water partition coefficient (Wildman–Crippen LogP) is 6.81. The van der Waals surface area contributed by atoms with Crippen LogP contribution in [0.2, 0.25) is 0 Å². The molecule has 0 saturated carbocycles. The number of benzene rings is 4. The Bertz CT molecular complexity index is 1730. The number of halogens is 1. The summed E-state index contributed by atoms with van der Waals surface area (Å²) in [4.78, 5) is 26.6. The standard InChI is InChI=1S/C33H30FN3O4/c1-19-8-6-7-9-23(19)31(38)41-22-12-13-25(29(17-22)40-5)24-14-15-27-30-26(24)18-36(28-16-21(34)11-10-20(28)2)37(30)32(39)33(3,4)35-27/h6-17,35H,18H2,1-5H3. The molecule has 41 heavy (non-hydrogen) atoms. The van der Waals surface area contributed by atoms with Crippen molar-refractivity contribution in [3.05, 3.63) is 101 Å². The van der Waals surface area contributed by atoms with Crippen LogP contribution in [0.1, 0.15) is 40.9 Å². The molecule has 2 aliphatic rings. The molecule has 0 radical (unpaired) electrons. The molecule has 0 bridgehead atoms. The van der Waals surface area contributed by atoms with Gasteiger partial charge < -0.3 is 14.8 Å². The zero-order valence-electron chi connectivity index (χ0n) is 23.5. The van der Waals surface area contributed by atoms with E-state index in [4.69, 9.17) is 9.47 Å². The Hall–Kier alpha value is -4.85. The molecule has 2 aliphatic heterocycles. The lowest BCUT2D eigenvalue weighted by atomic mass is 9.93. The molecule has 7 nitrogen and oxygen atoms in total. The van der Waals surface area contributed by atoms with Crippen LogP contribution in [-0.4, -0.2) is 24.5 Å². The summed E-state index contributed by atoms with van der Waals surface area (Å²) < 4.78 is 25.8. The van der Waals surface area contributed by atoms with Gasteiger partial charge in [-0.15, -0.1) is 0 Å². The van der Waals surface area contributed by atoms with Crippen molar-refractivity contribution in [2.24, 2.45) is 0 Å². The molecular formula is C33H30FN3O4. The molecule has 0 spiro atoms. The second kappa shape index (κ2) is 9.66. The Balaban J connectivity index is 1.43. The second-order valence-corrected chi connectivity index (χ2v) is 10.9. The summed E-state index contributed by atoms with van der Waals surface area (Å²) in [5.74, 6) is -0.102. The third-order valence-corrected chi connectivity index (χ3v) is 7.71. The number of rotatable bonds is 5. The van der Waals surface area contributed by atoms with Gasteiger partial charge in [-0.25, -0.2) is 14.2 Å². The fourth-order valence-corrected chi connectivity index (χ4v) is 5.57. The number of carbonyl (C=O) groups is 2. The average Bonchev–Trinajstić information content (AvgIpc) is 3.34. The van der Waals surface area contributed by atoms with E-state index in [0.29, 0.717) is 29.3 Å². The highest BCUT2D eigenvalue weighted by Gasteiger charge is 2.47. The van der Waals surface area contributed by atoms with E-state index in [9.17, 15) is 14.0 Å². The van der Waals surface area contributed by atoms with E-state index >= 15 is 0 Å². The minimum absolute atomic E-state index is 0.144. The Morgan fingerprint density at radius 1 is 0.951 bits per heavy atom. The first-order valence-electron chi connectivity index (χ1n) is 13.4. The average molecular weight is 552 g/mol. The van der Waals surface area contributed by atoms with E-state index < -0.39 is 11.5 Å². The van der Waals surface area contributed by atoms with Crippen LogP contribution in [0.4, 0.5) is 21.5 Å². The van der Waals surface area contributed by atoms with Crippen LogP contribution in [0.3, 0.4) is 0 Å². The predicted molar refractivity (Wildman–Crippen MR) is 157 cm³/mol.